The van der Waals surface area contributed by atoms with Gasteiger partial charge in [0, 0.05) is 10.8 Å². The summed E-state index contributed by atoms with van der Waals surface area (Å²) < 4.78 is 0. The van der Waals surface area contributed by atoms with E-state index in [0.717, 1.165) is 12.8 Å². The van der Waals surface area contributed by atoms with Gasteiger partial charge in [0.15, 0.2) is 0 Å². The zero-order chi connectivity index (χ0) is 10.7. The molecule has 1 aromatic rings. The average molecular weight is 220 g/mol. The molecule has 0 N–H and O–H groups in total. The lowest BCUT2D eigenvalue weighted by atomic mass is 9.83. The third-order valence-electron chi connectivity index (χ3n) is 3.02. The van der Waals surface area contributed by atoms with Gasteiger partial charge in [-0.05, 0) is 31.4 Å². The molecule has 1 fully saturated rings. The molecule has 0 radical (unpaired) electrons. The molecule has 1 nitrogen and oxygen atoms in total. The predicted molar refractivity (Wildman–Crippen MR) is 64.3 cm³/mol. The van der Waals surface area contributed by atoms with Crippen molar-refractivity contribution in [1.29, 1.82) is 0 Å². The van der Waals surface area contributed by atoms with Gasteiger partial charge in [0.2, 0.25) is 0 Å². The van der Waals surface area contributed by atoms with Crippen LogP contribution in [0.15, 0.2) is 29.2 Å². The summed E-state index contributed by atoms with van der Waals surface area (Å²) in [7, 11) is 0. The van der Waals surface area contributed by atoms with Crippen LogP contribution in [0.5, 0.6) is 0 Å². The van der Waals surface area contributed by atoms with Gasteiger partial charge in [-0.25, -0.2) is 0 Å². The molecule has 0 saturated heterocycles. The molecule has 1 saturated carbocycles. The van der Waals surface area contributed by atoms with Gasteiger partial charge in [0.1, 0.15) is 5.78 Å². The fourth-order valence-corrected chi connectivity index (χ4v) is 2.72. The monoisotopic (exact) mass is 220 g/mol. The van der Waals surface area contributed by atoms with E-state index in [4.69, 9.17) is 0 Å². The summed E-state index contributed by atoms with van der Waals surface area (Å²) in [5, 5.41) is 0. The van der Waals surface area contributed by atoms with Gasteiger partial charge in [-0.15, -0.1) is 11.8 Å². The zero-order valence-corrected chi connectivity index (χ0v) is 9.85. The van der Waals surface area contributed by atoms with Gasteiger partial charge in [-0.1, -0.05) is 24.6 Å². The molecule has 1 aliphatic rings. The molecule has 0 bridgehead atoms. The van der Waals surface area contributed by atoms with E-state index in [0.29, 0.717) is 17.5 Å². The van der Waals surface area contributed by atoms with Crippen LogP contribution in [-0.4, -0.2) is 11.5 Å². The maximum Gasteiger partial charge on any atom is 0.146 e. The lowest BCUT2D eigenvalue weighted by Crippen LogP contribution is -2.23. The highest BCUT2D eigenvalue weighted by Crippen LogP contribution is 2.30. The third kappa shape index (κ3) is 2.63. The van der Waals surface area contributed by atoms with E-state index in [1.165, 1.54) is 16.9 Å². The second kappa shape index (κ2) is 4.84. The number of thioether (sulfide) groups is 1. The first-order chi connectivity index (χ1) is 7.27. The van der Waals surface area contributed by atoms with Gasteiger partial charge in [0.25, 0.3) is 0 Å². The van der Waals surface area contributed by atoms with Crippen LogP contribution in [0, 0.1) is 12.8 Å². The van der Waals surface area contributed by atoms with E-state index in [2.05, 4.69) is 19.1 Å². The maximum absolute atomic E-state index is 11.7. The van der Waals surface area contributed by atoms with Crippen molar-refractivity contribution in [3.05, 3.63) is 29.8 Å². The predicted octanol–water partition coefficient (Wildman–Crippen LogP) is 3.46. The van der Waals surface area contributed by atoms with Gasteiger partial charge in [-0.3, -0.25) is 4.79 Å². The van der Waals surface area contributed by atoms with E-state index < -0.39 is 0 Å². The standard InChI is InChI=1S/C13H16OS/c1-10-5-2-3-8-13(10)15-9-12(14)11-6-4-7-11/h2-3,5,8,11H,4,6-7,9H2,1H3. The van der Waals surface area contributed by atoms with E-state index in [-0.39, 0.29) is 0 Å². The first kappa shape index (κ1) is 10.7. The Morgan fingerprint density at radius 2 is 2.13 bits per heavy atom. The van der Waals surface area contributed by atoms with Gasteiger partial charge >= 0.3 is 0 Å². The molecule has 80 valence electrons. The van der Waals surface area contributed by atoms with Crippen molar-refractivity contribution in [2.75, 3.05) is 5.75 Å². The molecule has 0 atom stereocenters. The molecule has 2 heteroatoms. The highest BCUT2D eigenvalue weighted by Gasteiger charge is 2.24. The molecular weight excluding hydrogens is 204 g/mol. The number of carbonyl (C=O) groups is 1. The number of rotatable bonds is 4. The van der Waals surface area contributed by atoms with Crippen LogP contribution in [0.25, 0.3) is 0 Å². The number of aryl methyl sites for hydroxylation is 1. The van der Waals surface area contributed by atoms with Crippen molar-refractivity contribution in [1.82, 2.24) is 0 Å². The summed E-state index contributed by atoms with van der Waals surface area (Å²) in [5.74, 6) is 1.46. The van der Waals surface area contributed by atoms with Crippen molar-refractivity contribution < 1.29 is 4.79 Å². The molecule has 0 unspecified atom stereocenters. The summed E-state index contributed by atoms with van der Waals surface area (Å²) in [6.07, 6.45) is 3.48. The average Bonchev–Trinajstić information content (AvgIpc) is 2.14. The Morgan fingerprint density at radius 1 is 1.40 bits per heavy atom. The molecule has 2 rings (SSSR count). The highest BCUT2D eigenvalue weighted by atomic mass is 32.2. The molecule has 15 heavy (non-hydrogen) atoms. The fraction of sp³-hybridized carbons (Fsp3) is 0.462. The topological polar surface area (TPSA) is 17.1 Å². The molecule has 0 aromatic heterocycles. The SMILES string of the molecule is Cc1ccccc1SCC(=O)C1CCC1. The first-order valence-electron chi connectivity index (χ1n) is 5.48. The van der Waals surface area contributed by atoms with Crippen LogP contribution in [-0.2, 0) is 4.79 Å². The van der Waals surface area contributed by atoms with Crippen molar-refractivity contribution in [2.45, 2.75) is 31.1 Å². The summed E-state index contributed by atoms with van der Waals surface area (Å²) in [4.78, 5) is 12.9. The summed E-state index contributed by atoms with van der Waals surface area (Å²) in [5.41, 5.74) is 1.27. The van der Waals surface area contributed by atoms with Crippen LogP contribution in [0.2, 0.25) is 0 Å². The van der Waals surface area contributed by atoms with Crippen molar-refractivity contribution in [3.63, 3.8) is 0 Å². The first-order valence-corrected chi connectivity index (χ1v) is 6.47. The molecule has 0 aliphatic heterocycles. The lowest BCUT2D eigenvalue weighted by molar-refractivity contribution is -0.122. The largest absolute Gasteiger partial charge is 0.298 e. The number of carbonyl (C=O) groups excluding carboxylic acids is 1. The molecule has 0 spiro atoms. The summed E-state index contributed by atoms with van der Waals surface area (Å²) in [6.45, 7) is 2.09. The van der Waals surface area contributed by atoms with Crippen LogP contribution in [0.3, 0.4) is 0 Å². The van der Waals surface area contributed by atoms with Gasteiger partial charge < -0.3 is 0 Å². The summed E-state index contributed by atoms with van der Waals surface area (Å²) >= 11 is 1.68. The van der Waals surface area contributed by atoms with Crippen LogP contribution >= 0.6 is 11.8 Å². The Balaban J connectivity index is 1.87. The van der Waals surface area contributed by atoms with Crippen molar-refractivity contribution in [2.24, 2.45) is 5.92 Å². The Bertz CT molecular complexity index is 355. The lowest BCUT2D eigenvalue weighted by Gasteiger charge is -2.23. The van der Waals surface area contributed by atoms with Crippen LogP contribution in [0.4, 0.5) is 0 Å². The number of ketones is 1. The van der Waals surface area contributed by atoms with Crippen molar-refractivity contribution >= 4 is 17.5 Å². The molecule has 1 aromatic carbocycles. The number of benzene rings is 1. The number of hydrogen-bond acceptors (Lipinski definition) is 2. The quantitative estimate of drug-likeness (QED) is 0.723. The molecule has 1 aliphatic carbocycles. The second-order valence-corrected chi connectivity index (χ2v) is 5.17. The fourth-order valence-electron chi connectivity index (χ4n) is 1.72. The Morgan fingerprint density at radius 3 is 2.73 bits per heavy atom. The van der Waals surface area contributed by atoms with Gasteiger partial charge in [-0.2, -0.15) is 0 Å². The highest BCUT2D eigenvalue weighted by molar-refractivity contribution is 8.00. The number of Topliss-reactive ketones (excluding diaryl/α,β-unsaturated/α-hetero) is 1. The minimum Gasteiger partial charge on any atom is -0.298 e. The molecule has 0 heterocycles. The number of hydrogen-bond donors (Lipinski definition) is 0. The Kier molecular flexibility index (Phi) is 3.47. The van der Waals surface area contributed by atoms with E-state index in [1.807, 2.05) is 12.1 Å². The van der Waals surface area contributed by atoms with Crippen LogP contribution < -0.4 is 0 Å². The smallest absolute Gasteiger partial charge is 0.146 e. The van der Waals surface area contributed by atoms with E-state index in [1.54, 1.807) is 11.8 Å². The normalized spacial score (nSPS) is 16.1. The minimum atomic E-state index is 0.376. The minimum absolute atomic E-state index is 0.376. The van der Waals surface area contributed by atoms with Gasteiger partial charge in [0.05, 0.1) is 5.75 Å². The third-order valence-corrected chi connectivity index (χ3v) is 4.22. The second-order valence-electron chi connectivity index (χ2n) is 4.15. The van der Waals surface area contributed by atoms with E-state index >= 15 is 0 Å². The maximum atomic E-state index is 11.7. The molecule has 0 amide bonds. The summed E-state index contributed by atoms with van der Waals surface area (Å²) in [6, 6.07) is 8.25. The van der Waals surface area contributed by atoms with Crippen LogP contribution in [0.1, 0.15) is 24.8 Å². The zero-order valence-electron chi connectivity index (χ0n) is 9.03. The van der Waals surface area contributed by atoms with E-state index in [9.17, 15) is 4.79 Å². The Hall–Kier alpha value is -0.760. The molecular formula is C13H16OS. The Labute approximate surface area is 95.3 Å². The van der Waals surface area contributed by atoms with Crippen molar-refractivity contribution in [3.8, 4) is 0 Å².